The second-order valence-corrected chi connectivity index (χ2v) is 6.22. The largest absolute Gasteiger partial charge is 0.332 e. The van der Waals surface area contributed by atoms with Crippen LogP contribution >= 0.6 is 11.6 Å². The highest BCUT2D eigenvalue weighted by atomic mass is 35.5. The Morgan fingerprint density at radius 1 is 1.24 bits per heavy atom. The van der Waals surface area contributed by atoms with Crippen LogP contribution in [0.3, 0.4) is 0 Å². The standard InChI is InChI=1S/C17H19ClN2O/c1-11-6-5-7-12(2)20(11)17(21)15-10-13-8-3-4-9-14(13)16(18)19-15/h3-4,8-12H,5-7H2,1-2H3/t11-,12+. The minimum atomic E-state index is -0.0117. The van der Waals surface area contributed by atoms with Crippen LogP contribution in [0.2, 0.25) is 5.15 Å². The molecule has 1 amide bonds. The number of piperidine rings is 1. The molecule has 1 aromatic carbocycles. The fourth-order valence-electron chi connectivity index (χ4n) is 3.22. The number of aromatic nitrogens is 1. The van der Waals surface area contributed by atoms with Gasteiger partial charge in [0.25, 0.3) is 5.91 Å². The molecule has 4 heteroatoms. The van der Waals surface area contributed by atoms with Crippen molar-refractivity contribution in [1.82, 2.24) is 9.88 Å². The number of rotatable bonds is 1. The van der Waals surface area contributed by atoms with E-state index in [-0.39, 0.29) is 18.0 Å². The van der Waals surface area contributed by atoms with Crippen molar-refractivity contribution in [3.63, 3.8) is 0 Å². The van der Waals surface area contributed by atoms with Gasteiger partial charge in [-0.15, -0.1) is 0 Å². The van der Waals surface area contributed by atoms with E-state index in [4.69, 9.17) is 11.6 Å². The number of amides is 1. The van der Waals surface area contributed by atoms with Gasteiger partial charge in [0.15, 0.2) is 0 Å². The predicted molar refractivity (Wildman–Crippen MR) is 85.7 cm³/mol. The van der Waals surface area contributed by atoms with Crippen molar-refractivity contribution >= 4 is 28.3 Å². The van der Waals surface area contributed by atoms with E-state index in [1.165, 1.54) is 6.42 Å². The number of fused-ring (bicyclic) bond motifs is 1. The summed E-state index contributed by atoms with van der Waals surface area (Å²) in [4.78, 5) is 19.1. The molecule has 3 nitrogen and oxygen atoms in total. The summed E-state index contributed by atoms with van der Waals surface area (Å²) in [5, 5.41) is 2.24. The lowest BCUT2D eigenvalue weighted by Gasteiger charge is -2.38. The first-order chi connectivity index (χ1) is 10.1. The third-order valence-corrected chi connectivity index (χ3v) is 4.63. The van der Waals surface area contributed by atoms with E-state index in [1.54, 1.807) is 0 Å². The Balaban J connectivity index is 2.01. The molecule has 0 unspecified atom stereocenters. The van der Waals surface area contributed by atoms with Gasteiger partial charge in [0.05, 0.1) is 0 Å². The Hall–Kier alpha value is -1.61. The van der Waals surface area contributed by atoms with Crippen LogP contribution in [0.1, 0.15) is 43.6 Å². The number of hydrogen-bond acceptors (Lipinski definition) is 2. The van der Waals surface area contributed by atoms with Crippen molar-refractivity contribution in [2.75, 3.05) is 0 Å². The fourth-order valence-corrected chi connectivity index (χ4v) is 3.48. The van der Waals surface area contributed by atoms with Crippen LogP contribution in [0.4, 0.5) is 0 Å². The van der Waals surface area contributed by atoms with Crippen LogP contribution in [-0.4, -0.2) is 27.9 Å². The Morgan fingerprint density at radius 3 is 2.62 bits per heavy atom. The van der Waals surface area contributed by atoms with Crippen molar-refractivity contribution in [3.8, 4) is 0 Å². The van der Waals surface area contributed by atoms with Crippen LogP contribution in [0.15, 0.2) is 30.3 Å². The van der Waals surface area contributed by atoms with E-state index in [2.05, 4.69) is 18.8 Å². The van der Waals surface area contributed by atoms with E-state index in [0.717, 1.165) is 23.6 Å². The molecule has 2 aromatic rings. The topological polar surface area (TPSA) is 33.2 Å². The van der Waals surface area contributed by atoms with E-state index in [9.17, 15) is 4.79 Å². The number of likely N-dealkylation sites (tertiary alicyclic amines) is 1. The number of carbonyl (C=O) groups is 1. The average Bonchev–Trinajstić information content (AvgIpc) is 2.47. The van der Waals surface area contributed by atoms with Crippen molar-refractivity contribution in [1.29, 1.82) is 0 Å². The Kier molecular flexibility index (Phi) is 3.85. The molecule has 2 atom stereocenters. The van der Waals surface area contributed by atoms with Gasteiger partial charge in [-0.3, -0.25) is 4.79 Å². The van der Waals surface area contributed by atoms with Gasteiger partial charge in [0, 0.05) is 17.5 Å². The van der Waals surface area contributed by atoms with Gasteiger partial charge >= 0.3 is 0 Å². The number of nitrogens with zero attached hydrogens (tertiary/aromatic N) is 2. The summed E-state index contributed by atoms with van der Waals surface area (Å²) in [6.07, 6.45) is 3.28. The first-order valence-electron chi connectivity index (χ1n) is 7.46. The van der Waals surface area contributed by atoms with Gasteiger partial charge in [0.2, 0.25) is 0 Å². The van der Waals surface area contributed by atoms with E-state index in [0.29, 0.717) is 10.8 Å². The van der Waals surface area contributed by atoms with Gasteiger partial charge in [-0.1, -0.05) is 35.9 Å². The van der Waals surface area contributed by atoms with Crippen LogP contribution in [0.5, 0.6) is 0 Å². The highest BCUT2D eigenvalue weighted by molar-refractivity contribution is 6.34. The van der Waals surface area contributed by atoms with Crippen molar-refractivity contribution in [2.24, 2.45) is 0 Å². The lowest BCUT2D eigenvalue weighted by molar-refractivity contribution is 0.0505. The van der Waals surface area contributed by atoms with E-state index in [1.807, 2.05) is 35.2 Å². The molecule has 1 aliphatic heterocycles. The third kappa shape index (κ3) is 2.62. The molecule has 0 aliphatic carbocycles. The molecule has 0 N–H and O–H groups in total. The van der Waals surface area contributed by atoms with Gasteiger partial charge in [-0.25, -0.2) is 4.98 Å². The first kappa shape index (κ1) is 14.3. The van der Waals surface area contributed by atoms with Crippen molar-refractivity contribution in [2.45, 2.75) is 45.2 Å². The lowest BCUT2D eigenvalue weighted by Crippen LogP contribution is -2.47. The fraction of sp³-hybridized carbons (Fsp3) is 0.412. The highest BCUT2D eigenvalue weighted by Gasteiger charge is 2.30. The highest BCUT2D eigenvalue weighted by Crippen LogP contribution is 2.27. The Bertz CT molecular complexity index is 676. The molecule has 21 heavy (non-hydrogen) atoms. The summed E-state index contributed by atoms with van der Waals surface area (Å²) in [6.45, 7) is 4.21. The maximum absolute atomic E-state index is 12.8. The Labute approximate surface area is 129 Å². The molecule has 1 fully saturated rings. The summed E-state index contributed by atoms with van der Waals surface area (Å²) in [5.41, 5.74) is 0.444. The summed E-state index contributed by atoms with van der Waals surface area (Å²) >= 11 is 6.24. The smallest absolute Gasteiger partial charge is 0.273 e. The molecular formula is C17H19ClN2O. The molecule has 2 heterocycles. The second-order valence-electron chi connectivity index (χ2n) is 5.86. The quantitative estimate of drug-likeness (QED) is 0.736. The zero-order valence-electron chi connectivity index (χ0n) is 12.3. The second kappa shape index (κ2) is 5.64. The third-order valence-electron chi connectivity index (χ3n) is 4.34. The number of halogens is 1. The van der Waals surface area contributed by atoms with E-state index >= 15 is 0 Å². The van der Waals surface area contributed by atoms with Gasteiger partial charge in [-0.2, -0.15) is 0 Å². The summed E-state index contributed by atoms with van der Waals surface area (Å²) < 4.78 is 0. The molecular weight excluding hydrogens is 284 g/mol. The summed E-state index contributed by atoms with van der Waals surface area (Å²) in [5.74, 6) is -0.0117. The number of pyridine rings is 1. The van der Waals surface area contributed by atoms with Gasteiger partial charge in [-0.05, 0) is 44.6 Å². The molecule has 0 bridgehead atoms. The molecule has 0 saturated carbocycles. The summed E-state index contributed by atoms with van der Waals surface area (Å²) in [7, 11) is 0. The number of hydrogen-bond donors (Lipinski definition) is 0. The number of benzene rings is 1. The molecule has 0 spiro atoms. The minimum Gasteiger partial charge on any atom is -0.332 e. The zero-order chi connectivity index (χ0) is 15.0. The zero-order valence-corrected chi connectivity index (χ0v) is 13.1. The predicted octanol–water partition coefficient (Wildman–Crippen LogP) is 4.29. The molecule has 0 radical (unpaired) electrons. The Morgan fingerprint density at radius 2 is 1.90 bits per heavy atom. The van der Waals surface area contributed by atoms with Gasteiger partial charge < -0.3 is 4.90 Å². The molecule has 1 saturated heterocycles. The minimum absolute atomic E-state index is 0.0117. The maximum Gasteiger partial charge on any atom is 0.273 e. The molecule has 1 aliphatic rings. The number of carbonyl (C=O) groups excluding carboxylic acids is 1. The first-order valence-corrected chi connectivity index (χ1v) is 7.83. The monoisotopic (exact) mass is 302 g/mol. The van der Waals surface area contributed by atoms with Crippen LogP contribution in [0, 0.1) is 0 Å². The van der Waals surface area contributed by atoms with Crippen LogP contribution in [0.25, 0.3) is 10.8 Å². The average molecular weight is 303 g/mol. The normalized spacial score (nSPS) is 22.5. The SMILES string of the molecule is C[C@@H]1CCC[C@H](C)N1C(=O)c1cc2ccccc2c(Cl)n1. The molecule has 110 valence electrons. The van der Waals surface area contributed by atoms with Crippen LogP contribution in [-0.2, 0) is 0 Å². The molecule has 3 rings (SSSR count). The summed E-state index contributed by atoms with van der Waals surface area (Å²) in [6, 6.07) is 10.1. The lowest BCUT2D eigenvalue weighted by atomic mass is 9.97. The maximum atomic E-state index is 12.8. The van der Waals surface area contributed by atoms with E-state index < -0.39 is 0 Å². The van der Waals surface area contributed by atoms with Crippen molar-refractivity contribution < 1.29 is 4.79 Å². The van der Waals surface area contributed by atoms with Gasteiger partial charge in [0.1, 0.15) is 10.8 Å². The van der Waals surface area contributed by atoms with Crippen LogP contribution < -0.4 is 0 Å². The van der Waals surface area contributed by atoms with Crippen molar-refractivity contribution in [3.05, 3.63) is 41.2 Å². The molecule has 1 aromatic heterocycles.